The van der Waals surface area contributed by atoms with Gasteiger partial charge in [0.2, 0.25) is 0 Å². The fourth-order valence-electron chi connectivity index (χ4n) is 2.39. The molecule has 0 unspecified atom stereocenters. The number of nitrogens with two attached hydrogens (primary N) is 1. The maximum Gasteiger partial charge on any atom is 0.263 e. The quantitative estimate of drug-likeness (QED) is 0.912. The lowest BCUT2D eigenvalue weighted by Gasteiger charge is -2.19. The number of hydrogen-bond acceptors (Lipinski definition) is 2. The maximum atomic E-state index is 12.8. The minimum atomic E-state index is -2.50. The van der Waals surface area contributed by atoms with E-state index >= 15 is 0 Å². The Bertz CT molecular complexity index is 639. The molecule has 2 N–H and O–H groups in total. The largest absolute Gasteiger partial charge is 0.383 e. The highest BCUT2D eigenvalue weighted by atomic mass is 19.3. The molecule has 1 heterocycles. The van der Waals surface area contributed by atoms with Crippen molar-refractivity contribution in [2.75, 3.05) is 5.73 Å². The molecule has 1 aromatic carbocycles. The van der Waals surface area contributed by atoms with Gasteiger partial charge in [-0.3, -0.25) is 0 Å². The first-order valence-electron chi connectivity index (χ1n) is 7.00. The van der Waals surface area contributed by atoms with Crippen LogP contribution < -0.4 is 5.73 Å². The Labute approximate surface area is 123 Å². The van der Waals surface area contributed by atoms with E-state index in [4.69, 9.17) is 5.73 Å². The van der Waals surface area contributed by atoms with Crippen molar-refractivity contribution in [3.05, 3.63) is 35.7 Å². The molecule has 0 aliphatic rings. The van der Waals surface area contributed by atoms with Gasteiger partial charge in [0.25, 0.3) is 6.43 Å². The number of benzene rings is 1. The zero-order valence-electron chi connectivity index (χ0n) is 12.8. The summed E-state index contributed by atoms with van der Waals surface area (Å²) in [6.45, 7) is 8.85. The Hall–Kier alpha value is -1.91. The van der Waals surface area contributed by atoms with Gasteiger partial charge >= 0.3 is 0 Å². The molecule has 0 amide bonds. The first-order chi connectivity index (χ1) is 9.75. The molecule has 5 heteroatoms. The lowest BCUT2D eigenvalue weighted by molar-refractivity contribution is 0.151. The number of halogens is 2. The molecule has 0 aliphatic heterocycles. The average molecular weight is 293 g/mol. The first kappa shape index (κ1) is 15.5. The summed E-state index contributed by atoms with van der Waals surface area (Å²) in [6, 6.07) is 6.23. The zero-order chi connectivity index (χ0) is 15.8. The molecule has 0 radical (unpaired) electrons. The van der Waals surface area contributed by atoms with Crippen molar-refractivity contribution in [2.24, 2.45) is 0 Å². The second kappa shape index (κ2) is 5.47. The third-order valence-electron chi connectivity index (χ3n) is 3.41. The molecule has 2 aromatic rings. The van der Waals surface area contributed by atoms with E-state index in [1.165, 1.54) is 12.1 Å². The summed E-state index contributed by atoms with van der Waals surface area (Å²) in [4.78, 5) is 4.62. The van der Waals surface area contributed by atoms with E-state index in [0.717, 1.165) is 5.82 Å². The van der Waals surface area contributed by atoms with Crippen LogP contribution >= 0.6 is 0 Å². The predicted molar refractivity (Wildman–Crippen MR) is 81.4 cm³/mol. The molecule has 0 atom stereocenters. The van der Waals surface area contributed by atoms with Crippen LogP contribution in [0.2, 0.25) is 0 Å². The molecule has 0 saturated carbocycles. The van der Waals surface area contributed by atoms with E-state index in [1.54, 1.807) is 12.1 Å². The van der Waals surface area contributed by atoms with E-state index in [1.807, 2.05) is 11.5 Å². The molecular formula is C16H21F2N3. The summed E-state index contributed by atoms with van der Waals surface area (Å²) in [5.74, 6) is 1.38. The third kappa shape index (κ3) is 2.91. The topological polar surface area (TPSA) is 43.8 Å². The van der Waals surface area contributed by atoms with Gasteiger partial charge in [0, 0.05) is 23.1 Å². The molecule has 0 spiro atoms. The Morgan fingerprint density at radius 2 is 1.95 bits per heavy atom. The average Bonchev–Trinajstić information content (AvgIpc) is 2.75. The summed E-state index contributed by atoms with van der Waals surface area (Å²) in [6.07, 6.45) is -2.50. The van der Waals surface area contributed by atoms with E-state index in [2.05, 4.69) is 25.8 Å². The van der Waals surface area contributed by atoms with Gasteiger partial charge in [-0.1, -0.05) is 39.0 Å². The monoisotopic (exact) mass is 293 g/mol. The van der Waals surface area contributed by atoms with Crippen LogP contribution in [0.25, 0.3) is 11.3 Å². The third-order valence-corrected chi connectivity index (χ3v) is 3.41. The maximum absolute atomic E-state index is 12.8. The van der Waals surface area contributed by atoms with Gasteiger partial charge in [0.15, 0.2) is 0 Å². The Balaban J connectivity index is 2.60. The Morgan fingerprint density at radius 1 is 1.29 bits per heavy atom. The van der Waals surface area contributed by atoms with Crippen LogP contribution in [0.5, 0.6) is 0 Å². The Morgan fingerprint density at radius 3 is 2.43 bits per heavy atom. The molecular weight excluding hydrogens is 272 g/mol. The summed E-state index contributed by atoms with van der Waals surface area (Å²) in [5.41, 5.74) is 7.20. The van der Waals surface area contributed by atoms with Crippen molar-refractivity contribution in [1.29, 1.82) is 0 Å². The van der Waals surface area contributed by atoms with Gasteiger partial charge < -0.3 is 10.3 Å². The van der Waals surface area contributed by atoms with Crippen LogP contribution in [-0.4, -0.2) is 9.55 Å². The van der Waals surface area contributed by atoms with E-state index in [9.17, 15) is 8.78 Å². The van der Waals surface area contributed by atoms with Crippen LogP contribution in [0, 0.1) is 0 Å². The van der Waals surface area contributed by atoms with Crippen molar-refractivity contribution < 1.29 is 8.78 Å². The summed E-state index contributed by atoms with van der Waals surface area (Å²) in [7, 11) is 0. The molecule has 114 valence electrons. The predicted octanol–water partition coefficient (Wildman–Crippen LogP) is 4.39. The summed E-state index contributed by atoms with van der Waals surface area (Å²) in [5, 5.41) is 0. The van der Waals surface area contributed by atoms with Crippen LogP contribution in [0.4, 0.5) is 14.6 Å². The number of alkyl halides is 2. The fourth-order valence-corrected chi connectivity index (χ4v) is 2.39. The van der Waals surface area contributed by atoms with Crippen molar-refractivity contribution in [3.8, 4) is 11.3 Å². The van der Waals surface area contributed by atoms with Gasteiger partial charge in [-0.25, -0.2) is 13.8 Å². The summed E-state index contributed by atoms with van der Waals surface area (Å²) < 4.78 is 27.6. The van der Waals surface area contributed by atoms with Crippen molar-refractivity contribution in [3.63, 3.8) is 0 Å². The molecule has 2 rings (SSSR count). The zero-order valence-corrected chi connectivity index (χ0v) is 12.8. The Kier molecular flexibility index (Phi) is 4.03. The van der Waals surface area contributed by atoms with Gasteiger partial charge in [-0.05, 0) is 13.0 Å². The molecule has 3 nitrogen and oxygen atoms in total. The second-order valence-corrected chi connectivity index (χ2v) is 6.09. The van der Waals surface area contributed by atoms with E-state index in [0.29, 0.717) is 23.6 Å². The highest BCUT2D eigenvalue weighted by Crippen LogP contribution is 2.33. The number of nitrogens with zero attached hydrogens (tertiary/aromatic N) is 2. The number of hydrogen-bond donors (Lipinski definition) is 1. The van der Waals surface area contributed by atoms with Gasteiger partial charge in [-0.2, -0.15) is 0 Å². The van der Waals surface area contributed by atoms with E-state index in [-0.39, 0.29) is 11.0 Å². The fraction of sp³-hybridized carbons (Fsp3) is 0.438. The van der Waals surface area contributed by atoms with Crippen LogP contribution in [0.15, 0.2) is 24.3 Å². The number of nitrogen functional groups attached to an aromatic ring is 1. The highest BCUT2D eigenvalue weighted by molar-refractivity contribution is 5.71. The van der Waals surface area contributed by atoms with E-state index < -0.39 is 6.43 Å². The van der Waals surface area contributed by atoms with Crippen LogP contribution in [-0.2, 0) is 12.0 Å². The van der Waals surface area contributed by atoms with Gasteiger partial charge in [-0.15, -0.1) is 0 Å². The van der Waals surface area contributed by atoms with Crippen molar-refractivity contribution in [1.82, 2.24) is 9.55 Å². The van der Waals surface area contributed by atoms with Crippen LogP contribution in [0.1, 0.15) is 45.5 Å². The molecule has 0 aliphatic carbocycles. The molecule has 21 heavy (non-hydrogen) atoms. The van der Waals surface area contributed by atoms with Gasteiger partial charge in [0.1, 0.15) is 17.3 Å². The lowest BCUT2D eigenvalue weighted by Crippen LogP contribution is -2.19. The lowest BCUT2D eigenvalue weighted by atomic mass is 9.95. The molecule has 0 saturated heterocycles. The standard InChI is InChI=1S/C16H21F2N3/c1-5-21-14(19)12(20-15(21)16(2,3)4)10-7-6-8-11(9-10)13(17)18/h6-9,13H,5,19H2,1-4H3. The van der Waals surface area contributed by atoms with Gasteiger partial charge in [0.05, 0.1) is 0 Å². The highest BCUT2D eigenvalue weighted by Gasteiger charge is 2.25. The van der Waals surface area contributed by atoms with Crippen molar-refractivity contribution >= 4 is 5.82 Å². The normalized spacial score (nSPS) is 12.1. The van der Waals surface area contributed by atoms with Crippen molar-refractivity contribution in [2.45, 2.75) is 46.1 Å². The first-order valence-corrected chi connectivity index (χ1v) is 7.00. The smallest absolute Gasteiger partial charge is 0.263 e. The number of anilines is 1. The van der Waals surface area contributed by atoms with Crippen LogP contribution in [0.3, 0.4) is 0 Å². The molecule has 0 bridgehead atoms. The second-order valence-electron chi connectivity index (χ2n) is 6.09. The number of aromatic nitrogens is 2. The minimum Gasteiger partial charge on any atom is -0.383 e. The minimum absolute atomic E-state index is 0.0183. The SMILES string of the molecule is CCn1c(C(C)(C)C)nc(-c2cccc(C(F)F)c2)c1N. The molecule has 1 aromatic heterocycles. The summed E-state index contributed by atoms with van der Waals surface area (Å²) >= 11 is 0. The molecule has 0 fully saturated rings. The number of imidazole rings is 1. The number of rotatable bonds is 3.